The van der Waals surface area contributed by atoms with E-state index in [1.54, 1.807) is 0 Å². The zero-order chi connectivity index (χ0) is 15.5. The van der Waals surface area contributed by atoms with Crippen LogP contribution in [0.1, 0.15) is 39.5 Å². The third-order valence-electron chi connectivity index (χ3n) is 4.53. The van der Waals surface area contributed by atoms with Crippen LogP contribution < -0.4 is 5.32 Å². The Morgan fingerprint density at radius 1 is 1.24 bits per heavy atom. The first-order valence-electron chi connectivity index (χ1n) is 7.85. The van der Waals surface area contributed by atoms with Crippen LogP contribution in [0.4, 0.5) is 4.79 Å². The summed E-state index contributed by atoms with van der Waals surface area (Å²) in [5, 5.41) is 12.0. The minimum atomic E-state index is -0.805. The third kappa shape index (κ3) is 4.88. The predicted octanol–water partition coefficient (Wildman–Crippen LogP) is 1.37. The van der Waals surface area contributed by atoms with Crippen molar-refractivity contribution < 1.29 is 14.7 Å². The number of rotatable bonds is 3. The second-order valence-corrected chi connectivity index (χ2v) is 7.06. The van der Waals surface area contributed by atoms with Crippen molar-refractivity contribution in [3.63, 3.8) is 0 Å². The SMILES string of the molecule is CC1(C)CCC(NC(=O)N2CCCN(CC(=O)O)CC2)C1. The van der Waals surface area contributed by atoms with Gasteiger partial charge in [0.1, 0.15) is 0 Å². The van der Waals surface area contributed by atoms with Crippen molar-refractivity contribution in [1.29, 1.82) is 0 Å². The third-order valence-corrected chi connectivity index (χ3v) is 4.53. The lowest BCUT2D eigenvalue weighted by atomic mass is 9.92. The Balaban J connectivity index is 1.79. The van der Waals surface area contributed by atoms with E-state index in [2.05, 4.69) is 19.2 Å². The van der Waals surface area contributed by atoms with Gasteiger partial charge in [-0.1, -0.05) is 13.8 Å². The lowest BCUT2D eigenvalue weighted by Gasteiger charge is -2.24. The molecule has 2 amide bonds. The Bertz CT molecular complexity index is 398. The molecular weight excluding hydrogens is 270 g/mol. The Morgan fingerprint density at radius 3 is 2.62 bits per heavy atom. The number of hydrogen-bond donors (Lipinski definition) is 2. The van der Waals surface area contributed by atoms with E-state index in [1.165, 1.54) is 0 Å². The molecule has 2 N–H and O–H groups in total. The van der Waals surface area contributed by atoms with Gasteiger partial charge in [0, 0.05) is 32.2 Å². The van der Waals surface area contributed by atoms with Gasteiger partial charge in [0.05, 0.1) is 6.54 Å². The Morgan fingerprint density at radius 2 is 2.00 bits per heavy atom. The smallest absolute Gasteiger partial charge is 0.317 e. The number of carboxylic acid groups (broad SMARTS) is 1. The van der Waals surface area contributed by atoms with Gasteiger partial charge in [-0.2, -0.15) is 0 Å². The van der Waals surface area contributed by atoms with E-state index in [-0.39, 0.29) is 18.6 Å². The van der Waals surface area contributed by atoms with E-state index >= 15 is 0 Å². The van der Waals surface area contributed by atoms with Crippen molar-refractivity contribution in [3.8, 4) is 0 Å². The predicted molar refractivity (Wildman–Crippen MR) is 80.2 cm³/mol. The van der Waals surface area contributed by atoms with Crippen LogP contribution in [0.2, 0.25) is 0 Å². The van der Waals surface area contributed by atoms with Crippen molar-refractivity contribution in [2.24, 2.45) is 5.41 Å². The monoisotopic (exact) mass is 297 g/mol. The minimum Gasteiger partial charge on any atom is -0.480 e. The van der Waals surface area contributed by atoms with Crippen molar-refractivity contribution in [2.45, 2.75) is 45.6 Å². The number of carbonyl (C=O) groups is 2. The quantitative estimate of drug-likeness (QED) is 0.825. The first-order valence-corrected chi connectivity index (χ1v) is 7.85. The maximum atomic E-state index is 12.3. The molecule has 2 aliphatic rings. The summed E-state index contributed by atoms with van der Waals surface area (Å²) in [6.45, 7) is 7.24. The van der Waals surface area contributed by atoms with Crippen LogP contribution in [-0.4, -0.2) is 65.7 Å². The second-order valence-electron chi connectivity index (χ2n) is 7.06. The molecule has 0 aromatic carbocycles. The summed E-state index contributed by atoms with van der Waals surface area (Å²) < 4.78 is 0. The van der Waals surface area contributed by atoms with Crippen LogP contribution in [0.3, 0.4) is 0 Å². The van der Waals surface area contributed by atoms with Crippen molar-refractivity contribution in [3.05, 3.63) is 0 Å². The van der Waals surface area contributed by atoms with Gasteiger partial charge < -0.3 is 15.3 Å². The summed E-state index contributed by atoms with van der Waals surface area (Å²) in [7, 11) is 0. The lowest BCUT2D eigenvalue weighted by Crippen LogP contribution is -2.45. The van der Waals surface area contributed by atoms with Gasteiger partial charge >= 0.3 is 12.0 Å². The van der Waals surface area contributed by atoms with Gasteiger partial charge in [0.2, 0.25) is 0 Å². The van der Waals surface area contributed by atoms with E-state index in [0.717, 1.165) is 32.2 Å². The standard InChI is InChI=1S/C15H27N3O3/c1-15(2)5-4-12(10-15)16-14(21)18-7-3-6-17(8-9-18)11-13(19)20/h12H,3-11H2,1-2H3,(H,16,21)(H,19,20). The summed E-state index contributed by atoms with van der Waals surface area (Å²) >= 11 is 0. The van der Waals surface area contributed by atoms with E-state index in [4.69, 9.17) is 5.11 Å². The molecule has 0 spiro atoms. The topological polar surface area (TPSA) is 72.9 Å². The first-order chi connectivity index (χ1) is 9.85. The van der Waals surface area contributed by atoms with E-state index in [1.807, 2.05) is 9.80 Å². The first kappa shape index (κ1) is 16.1. The number of carbonyl (C=O) groups excluding carboxylic acids is 1. The number of nitrogens with one attached hydrogen (secondary N) is 1. The molecule has 21 heavy (non-hydrogen) atoms. The van der Waals surface area contributed by atoms with E-state index in [0.29, 0.717) is 25.0 Å². The molecule has 2 rings (SSSR count). The molecule has 1 atom stereocenters. The maximum Gasteiger partial charge on any atom is 0.317 e. The summed E-state index contributed by atoms with van der Waals surface area (Å²) in [6, 6.07) is 0.292. The Kier molecular flexibility index (Phi) is 5.08. The minimum absolute atomic E-state index is 0.00914. The molecule has 1 unspecified atom stereocenters. The number of aliphatic carboxylic acids is 1. The highest BCUT2D eigenvalue weighted by Crippen LogP contribution is 2.36. The molecule has 0 bridgehead atoms. The summed E-state index contributed by atoms with van der Waals surface area (Å²) in [5.41, 5.74) is 0.328. The fraction of sp³-hybridized carbons (Fsp3) is 0.867. The van der Waals surface area contributed by atoms with Crippen molar-refractivity contribution in [1.82, 2.24) is 15.1 Å². The van der Waals surface area contributed by atoms with E-state index in [9.17, 15) is 9.59 Å². The number of hydrogen-bond acceptors (Lipinski definition) is 3. The van der Waals surface area contributed by atoms with Crippen LogP contribution in [0, 0.1) is 5.41 Å². The van der Waals surface area contributed by atoms with Gasteiger partial charge in [0.25, 0.3) is 0 Å². The van der Waals surface area contributed by atoms with E-state index < -0.39 is 5.97 Å². The van der Waals surface area contributed by atoms with Crippen molar-refractivity contribution >= 4 is 12.0 Å². The molecule has 6 nitrogen and oxygen atoms in total. The average molecular weight is 297 g/mol. The van der Waals surface area contributed by atoms with Crippen LogP contribution in [0.15, 0.2) is 0 Å². The van der Waals surface area contributed by atoms with Crippen LogP contribution in [-0.2, 0) is 4.79 Å². The number of carboxylic acids is 1. The molecule has 1 saturated heterocycles. The van der Waals surface area contributed by atoms with Crippen LogP contribution in [0.25, 0.3) is 0 Å². The number of urea groups is 1. The largest absolute Gasteiger partial charge is 0.480 e. The molecule has 0 aromatic rings. The number of nitrogens with zero attached hydrogens (tertiary/aromatic N) is 2. The lowest BCUT2D eigenvalue weighted by molar-refractivity contribution is -0.138. The fourth-order valence-corrected chi connectivity index (χ4v) is 3.35. The molecule has 1 heterocycles. The zero-order valence-electron chi connectivity index (χ0n) is 13.1. The average Bonchev–Trinajstić information content (AvgIpc) is 2.60. The highest BCUT2D eigenvalue weighted by atomic mass is 16.4. The zero-order valence-corrected chi connectivity index (χ0v) is 13.1. The normalized spacial score (nSPS) is 26.4. The molecule has 120 valence electrons. The molecule has 1 saturated carbocycles. The van der Waals surface area contributed by atoms with Crippen molar-refractivity contribution in [2.75, 3.05) is 32.7 Å². The van der Waals surface area contributed by atoms with Gasteiger partial charge in [-0.3, -0.25) is 9.69 Å². The van der Waals surface area contributed by atoms with Gasteiger partial charge in [-0.05, 0) is 31.1 Å². The molecule has 1 aliphatic carbocycles. The van der Waals surface area contributed by atoms with Gasteiger partial charge in [-0.15, -0.1) is 0 Å². The van der Waals surface area contributed by atoms with Gasteiger partial charge in [-0.25, -0.2) is 4.79 Å². The molecule has 6 heteroatoms. The summed E-state index contributed by atoms with van der Waals surface area (Å²) in [4.78, 5) is 26.8. The Hall–Kier alpha value is -1.30. The van der Waals surface area contributed by atoms with Crippen LogP contribution in [0.5, 0.6) is 0 Å². The highest BCUT2D eigenvalue weighted by molar-refractivity contribution is 5.74. The van der Waals surface area contributed by atoms with Gasteiger partial charge in [0.15, 0.2) is 0 Å². The fourth-order valence-electron chi connectivity index (χ4n) is 3.35. The second kappa shape index (κ2) is 6.64. The molecule has 2 fully saturated rings. The maximum absolute atomic E-state index is 12.3. The molecule has 0 aromatic heterocycles. The summed E-state index contributed by atoms with van der Waals surface area (Å²) in [5.74, 6) is -0.805. The highest BCUT2D eigenvalue weighted by Gasteiger charge is 2.32. The number of amides is 2. The molecule has 1 aliphatic heterocycles. The molecule has 0 radical (unpaired) electrons. The summed E-state index contributed by atoms with van der Waals surface area (Å²) in [6.07, 6.45) is 4.08. The van der Waals surface area contributed by atoms with Crippen LogP contribution >= 0.6 is 0 Å². The molecular formula is C15H27N3O3. The Labute approximate surface area is 126 Å².